The van der Waals surface area contributed by atoms with E-state index in [-0.39, 0.29) is 5.75 Å². The summed E-state index contributed by atoms with van der Waals surface area (Å²) in [5.41, 5.74) is 2.38. The third-order valence-corrected chi connectivity index (χ3v) is 3.37. The van der Waals surface area contributed by atoms with Crippen LogP contribution >= 0.6 is 0 Å². The molecule has 3 rings (SSSR count). The predicted octanol–water partition coefficient (Wildman–Crippen LogP) is 4.87. The first kappa shape index (κ1) is 13.8. The number of hydrogen-bond donors (Lipinski definition) is 0. The fourth-order valence-electron chi connectivity index (χ4n) is 2.54. The molecule has 0 N–H and O–H groups in total. The molecule has 0 unspecified atom stereocenters. The molecule has 0 fully saturated rings. The van der Waals surface area contributed by atoms with Crippen LogP contribution in [-0.2, 0) is 12.8 Å². The van der Waals surface area contributed by atoms with E-state index in [4.69, 9.17) is 4.74 Å². The average Bonchev–Trinajstić information content (AvgIpc) is 2.86. The maximum atomic E-state index is 12.2. The molecule has 0 amide bonds. The van der Waals surface area contributed by atoms with Crippen molar-refractivity contribution in [2.24, 2.45) is 0 Å². The van der Waals surface area contributed by atoms with E-state index in [9.17, 15) is 13.2 Å². The van der Waals surface area contributed by atoms with Crippen molar-refractivity contribution in [3.63, 3.8) is 0 Å². The maximum absolute atomic E-state index is 12.2. The van der Waals surface area contributed by atoms with E-state index in [1.54, 1.807) is 6.07 Å². The molecule has 0 spiro atoms. The largest absolute Gasteiger partial charge is 0.573 e. The Morgan fingerprint density at radius 1 is 0.905 bits per heavy atom. The zero-order valence-corrected chi connectivity index (χ0v) is 11.1. The van der Waals surface area contributed by atoms with E-state index in [2.05, 4.69) is 10.8 Å². The molecule has 0 saturated carbocycles. The topological polar surface area (TPSA) is 18.5 Å². The molecule has 0 bridgehead atoms. The fourth-order valence-corrected chi connectivity index (χ4v) is 2.54. The van der Waals surface area contributed by atoms with E-state index >= 15 is 0 Å². The molecule has 0 aromatic heterocycles. The zero-order valence-electron chi connectivity index (χ0n) is 11.1. The smallest absolute Gasteiger partial charge is 0.457 e. The molecule has 1 aliphatic carbocycles. The van der Waals surface area contributed by atoms with E-state index < -0.39 is 6.36 Å². The standard InChI is InChI=1S/C16H13F3O2/c17-16(18,19)21-13-7-3-6-12(10-13)20-15-9-2-5-11-4-1-8-14(11)15/h2-3,5-7,9-10H,1,4,8H2. The van der Waals surface area contributed by atoms with E-state index in [1.165, 1.54) is 23.8 Å². The summed E-state index contributed by atoms with van der Waals surface area (Å²) in [6.07, 6.45) is -1.67. The van der Waals surface area contributed by atoms with Gasteiger partial charge in [0, 0.05) is 6.07 Å². The first-order valence-electron chi connectivity index (χ1n) is 6.66. The average molecular weight is 294 g/mol. The Morgan fingerprint density at radius 3 is 2.48 bits per heavy atom. The van der Waals surface area contributed by atoms with Crippen molar-refractivity contribution >= 4 is 0 Å². The first-order chi connectivity index (χ1) is 10.0. The quantitative estimate of drug-likeness (QED) is 0.804. The number of fused-ring (bicyclic) bond motifs is 1. The second-order valence-electron chi connectivity index (χ2n) is 4.87. The highest BCUT2D eigenvalue weighted by Crippen LogP contribution is 2.34. The number of alkyl halides is 3. The molecule has 0 saturated heterocycles. The van der Waals surface area contributed by atoms with Gasteiger partial charge in [-0.2, -0.15) is 0 Å². The van der Waals surface area contributed by atoms with Crippen LogP contribution in [0.3, 0.4) is 0 Å². The van der Waals surface area contributed by atoms with Gasteiger partial charge in [0.1, 0.15) is 17.2 Å². The molecular weight excluding hydrogens is 281 g/mol. The molecular formula is C16H13F3O2. The summed E-state index contributed by atoms with van der Waals surface area (Å²) >= 11 is 0. The molecule has 1 aliphatic rings. The summed E-state index contributed by atoms with van der Waals surface area (Å²) in [7, 11) is 0. The minimum Gasteiger partial charge on any atom is -0.457 e. The highest BCUT2D eigenvalue weighted by molar-refractivity contribution is 5.46. The van der Waals surface area contributed by atoms with Gasteiger partial charge in [-0.15, -0.1) is 13.2 Å². The SMILES string of the molecule is FC(F)(F)Oc1cccc(Oc2cccc3c2CCC3)c1. The molecule has 2 nitrogen and oxygen atoms in total. The molecule has 2 aromatic carbocycles. The second kappa shape index (κ2) is 5.31. The van der Waals surface area contributed by atoms with Gasteiger partial charge in [-0.05, 0) is 48.6 Å². The van der Waals surface area contributed by atoms with Crippen LogP contribution < -0.4 is 9.47 Å². The van der Waals surface area contributed by atoms with Gasteiger partial charge in [0.25, 0.3) is 0 Å². The number of benzene rings is 2. The summed E-state index contributed by atoms with van der Waals surface area (Å²) in [6.45, 7) is 0. The summed E-state index contributed by atoms with van der Waals surface area (Å²) in [4.78, 5) is 0. The predicted molar refractivity (Wildman–Crippen MR) is 71.7 cm³/mol. The maximum Gasteiger partial charge on any atom is 0.573 e. The van der Waals surface area contributed by atoms with Crippen molar-refractivity contribution in [1.82, 2.24) is 0 Å². The van der Waals surface area contributed by atoms with E-state index in [0.29, 0.717) is 11.5 Å². The molecule has 0 radical (unpaired) electrons. The van der Waals surface area contributed by atoms with Crippen molar-refractivity contribution in [3.8, 4) is 17.2 Å². The Kier molecular flexibility index (Phi) is 3.49. The second-order valence-corrected chi connectivity index (χ2v) is 4.87. The molecule has 0 aliphatic heterocycles. The van der Waals surface area contributed by atoms with Gasteiger partial charge in [0.15, 0.2) is 0 Å². The monoisotopic (exact) mass is 294 g/mol. The minimum atomic E-state index is -4.70. The van der Waals surface area contributed by atoms with Crippen LogP contribution in [0.2, 0.25) is 0 Å². The lowest BCUT2D eigenvalue weighted by molar-refractivity contribution is -0.274. The molecule has 21 heavy (non-hydrogen) atoms. The van der Waals surface area contributed by atoms with Gasteiger partial charge < -0.3 is 9.47 Å². The molecule has 2 aromatic rings. The summed E-state index contributed by atoms with van der Waals surface area (Å²) in [5.74, 6) is 0.749. The lowest BCUT2D eigenvalue weighted by Crippen LogP contribution is -2.17. The minimum absolute atomic E-state index is 0.285. The Labute approximate surface area is 120 Å². The lowest BCUT2D eigenvalue weighted by atomic mass is 10.1. The van der Waals surface area contributed by atoms with Gasteiger partial charge in [-0.3, -0.25) is 0 Å². The van der Waals surface area contributed by atoms with Crippen LogP contribution in [0.25, 0.3) is 0 Å². The third-order valence-electron chi connectivity index (χ3n) is 3.37. The van der Waals surface area contributed by atoms with Crippen LogP contribution in [-0.4, -0.2) is 6.36 Å². The van der Waals surface area contributed by atoms with Gasteiger partial charge >= 0.3 is 6.36 Å². The van der Waals surface area contributed by atoms with Crippen molar-refractivity contribution in [3.05, 3.63) is 53.6 Å². The van der Waals surface area contributed by atoms with Gasteiger partial charge in [0.05, 0.1) is 0 Å². The number of rotatable bonds is 3. The molecule has 0 heterocycles. The van der Waals surface area contributed by atoms with Crippen LogP contribution in [0, 0.1) is 0 Å². The number of halogens is 3. The third kappa shape index (κ3) is 3.29. The van der Waals surface area contributed by atoms with Crippen LogP contribution in [0.4, 0.5) is 13.2 Å². The summed E-state index contributed by atoms with van der Waals surface area (Å²) < 4.78 is 46.3. The van der Waals surface area contributed by atoms with Gasteiger partial charge in [0.2, 0.25) is 0 Å². The first-order valence-corrected chi connectivity index (χ1v) is 6.66. The van der Waals surface area contributed by atoms with Crippen molar-refractivity contribution in [1.29, 1.82) is 0 Å². The number of hydrogen-bond acceptors (Lipinski definition) is 2. The Bertz CT molecular complexity index is 650. The van der Waals surface area contributed by atoms with Crippen molar-refractivity contribution < 1.29 is 22.6 Å². The van der Waals surface area contributed by atoms with E-state index in [1.807, 2.05) is 12.1 Å². The van der Waals surface area contributed by atoms with Crippen LogP contribution in [0.15, 0.2) is 42.5 Å². The normalized spacial score (nSPS) is 13.9. The Hall–Kier alpha value is -2.17. The summed E-state index contributed by atoms with van der Waals surface area (Å²) in [6, 6.07) is 11.4. The zero-order chi connectivity index (χ0) is 14.9. The number of ether oxygens (including phenoxy) is 2. The Morgan fingerprint density at radius 2 is 1.67 bits per heavy atom. The van der Waals surface area contributed by atoms with Gasteiger partial charge in [-0.25, -0.2) is 0 Å². The van der Waals surface area contributed by atoms with Crippen LogP contribution in [0.1, 0.15) is 17.5 Å². The summed E-state index contributed by atoms with van der Waals surface area (Å²) in [5, 5.41) is 0. The van der Waals surface area contributed by atoms with Crippen molar-refractivity contribution in [2.45, 2.75) is 25.6 Å². The molecule has 110 valence electrons. The number of aryl methyl sites for hydroxylation is 1. The molecule has 5 heteroatoms. The lowest BCUT2D eigenvalue weighted by Gasteiger charge is -2.12. The highest BCUT2D eigenvalue weighted by atomic mass is 19.4. The fraction of sp³-hybridized carbons (Fsp3) is 0.250. The van der Waals surface area contributed by atoms with Gasteiger partial charge in [-0.1, -0.05) is 18.2 Å². The van der Waals surface area contributed by atoms with Crippen molar-refractivity contribution in [2.75, 3.05) is 0 Å². The van der Waals surface area contributed by atoms with Crippen LogP contribution in [0.5, 0.6) is 17.2 Å². The van der Waals surface area contributed by atoms with E-state index in [0.717, 1.165) is 24.8 Å². The highest BCUT2D eigenvalue weighted by Gasteiger charge is 2.31. The molecule has 0 atom stereocenters. The Balaban J connectivity index is 1.83.